The van der Waals surface area contributed by atoms with Gasteiger partial charge >= 0.3 is 0 Å². The molecule has 0 aliphatic rings. The highest BCUT2D eigenvalue weighted by Crippen LogP contribution is 2.22. The van der Waals surface area contributed by atoms with Gasteiger partial charge in [0, 0.05) is 32.7 Å². The fraction of sp³-hybridized carbons (Fsp3) is 1.00. The second kappa shape index (κ2) is 8.86. The Balaban J connectivity index is 4.58. The molecule has 0 heterocycles. The van der Waals surface area contributed by atoms with E-state index in [9.17, 15) is 0 Å². The van der Waals surface area contributed by atoms with Gasteiger partial charge in [-0.05, 0) is 26.4 Å². The molecule has 2 N–H and O–H groups in total. The van der Waals surface area contributed by atoms with Crippen LogP contribution in [0.25, 0.3) is 0 Å². The van der Waals surface area contributed by atoms with E-state index in [-0.39, 0.29) is 11.8 Å². The molecule has 4 heteroatoms. The highest BCUT2D eigenvalue weighted by atomic mass is 16.7. The molecule has 0 aliphatic heterocycles. The van der Waals surface area contributed by atoms with Crippen LogP contribution in [0, 0.1) is 0 Å². The maximum absolute atomic E-state index is 5.96. The van der Waals surface area contributed by atoms with Crippen LogP contribution < -0.4 is 5.73 Å². The molecule has 1 atom stereocenters. The van der Waals surface area contributed by atoms with Crippen LogP contribution in [0.2, 0.25) is 0 Å². The maximum atomic E-state index is 5.96. The van der Waals surface area contributed by atoms with E-state index in [0.29, 0.717) is 6.54 Å². The van der Waals surface area contributed by atoms with Crippen molar-refractivity contribution >= 4 is 0 Å². The summed E-state index contributed by atoms with van der Waals surface area (Å²) in [5, 5.41) is 0. The summed E-state index contributed by atoms with van der Waals surface area (Å²) in [5.74, 6) is 0. The molecule has 0 bridgehead atoms. The van der Waals surface area contributed by atoms with Crippen LogP contribution in [0.4, 0.5) is 0 Å². The lowest BCUT2D eigenvalue weighted by Crippen LogP contribution is -2.54. The number of rotatable bonds is 10. The first-order valence-electron chi connectivity index (χ1n) is 6.58. The molecule has 0 saturated carbocycles. The lowest BCUT2D eigenvalue weighted by Gasteiger charge is -2.41. The van der Waals surface area contributed by atoms with Crippen molar-refractivity contribution in [1.29, 1.82) is 0 Å². The Morgan fingerprint density at radius 3 is 2.18 bits per heavy atom. The van der Waals surface area contributed by atoms with Crippen molar-refractivity contribution in [2.75, 3.05) is 33.9 Å². The van der Waals surface area contributed by atoms with Crippen LogP contribution in [-0.2, 0) is 9.47 Å². The quantitative estimate of drug-likeness (QED) is 0.598. The Bertz CT molecular complexity index is 186. The minimum absolute atomic E-state index is 0.0550. The summed E-state index contributed by atoms with van der Waals surface area (Å²) in [6, 6.07) is 0. The zero-order chi connectivity index (χ0) is 13.3. The topological polar surface area (TPSA) is 47.7 Å². The van der Waals surface area contributed by atoms with Crippen LogP contribution in [0.5, 0.6) is 0 Å². The first-order chi connectivity index (χ1) is 8.07. The average Bonchev–Trinajstić information content (AvgIpc) is 2.36. The Labute approximate surface area is 106 Å². The lowest BCUT2D eigenvalue weighted by molar-refractivity contribution is -0.128. The fourth-order valence-corrected chi connectivity index (χ4v) is 2.12. The molecule has 0 radical (unpaired) electrons. The van der Waals surface area contributed by atoms with E-state index in [1.165, 1.54) is 12.8 Å². The molecule has 0 amide bonds. The van der Waals surface area contributed by atoms with E-state index < -0.39 is 0 Å². The summed E-state index contributed by atoms with van der Waals surface area (Å²) in [6.45, 7) is 9.29. The van der Waals surface area contributed by atoms with Gasteiger partial charge in [-0.25, -0.2) is 0 Å². The second-order valence-electron chi connectivity index (χ2n) is 4.74. The first-order valence-corrected chi connectivity index (χ1v) is 6.58. The number of hydrogen-bond acceptors (Lipinski definition) is 4. The van der Waals surface area contributed by atoms with Crippen molar-refractivity contribution in [2.45, 2.75) is 51.9 Å². The molecular formula is C13H30N2O2. The minimum Gasteiger partial charge on any atom is -0.356 e. The normalized spacial score (nSPS) is 15.5. The van der Waals surface area contributed by atoms with E-state index in [0.717, 1.165) is 19.5 Å². The Hall–Kier alpha value is -0.160. The number of nitrogens with zero attached hydrogens (tertiary/aromatic N) is 1. The van der Waals surface area contributed by atoms with Gasteiger partial charge in [-0.1, -0.05) is 20.3 Å². The SMILES string of the molecule is CCCCN(CC)C(C)(CN)CC(OC)OC. The molecule has 0 aromatic carbocycles. The zero-order valence-corrected chi connectivity index (χ0v) is 12.2. The molecule has 0 aromatic rings. The summed E-state index contributed by atoms with van der Waals surface area (Å²) < 4.78 is 10.6. The van der Waals surface area contributed by atoms with Crippen molar-refractivity contribution < 1.29 is 9.47 Å². The molecule has 0 aromatic heterocycles. The van der Waals surface area contributed by atoms with Gasteiger partial charge in [-0.3, -0.25) is 4.90 Å². The second-order valence-corrected chi connectivity index (χ2v) is 4.74. The van der Waals surface area contributed by atoms with Crippen molar-refractivity contribution in [3.05, 3.63) is 0 Å². The van der Waals surface area contributed by atoms with Crippen molar-refractivity contribution in [1.82, 2.24) is 4.90 Å². The van der Waals surface area contributed by atoms with E-state index in [4.69, 9.17) is 15.2 Å². The van der Waals surface area contributed by atoms with Crippen molar-refractivity contribution in [3.63, 3.8) is 0 Å². The minimum atomic E-state index is -0.181. The van der Waals surface area contributed by atoms with Gasteiger partial charge in [0.05, 0.1) is 0 Å². The molecule has 4 nitrogen and oxygen atoms in total. The highest BCUT2D eigenvalue weighted by Gasteiger charge is 2.32. The number of likely N-dealkylation sites (N-methyl/N-ethyl adjacent to an activating group) is 1. The van der Waals surface area contributed by atoms with E-state index >= 15 is 0 Å². The number of ether oxygens (including phenoxy) is 2. The molecule has 0 rings (SSSR count). The number of nitrogens with two attached hydrogens (primary N) is 1. The number of unbranched alkanes of at least 4 members (excludes halogenated alkanes) is 1. The van der Waals surface area contributed by atoms with Gasteiger partial charge in [0.15, 0.2) is 6.29 Å². The largest absolute Gasteiger partial charge is 0.356 e. The molecule has 0 aliphatic carbocycles. The van der Waals surface area contributed by atoms with E-state index in [1.807, 2.05) is 0 Å². The zero-order valence-electron chi connectivity index (χ0n) is 12.2. The number of methoxy groups -OCH3 is 2. The standard InChI is InChI=1S/C13H30N2O2/c1-6-8-9-15(7-2)13(3,11-14)10-12(16-4)17-5/h12H,6-11,14H2,1-5H3. The summed E-state index contributed by atoms with van der Waals surface area (Å²) in [4.78, 5) is 2.43. The smallest absolute Gasteiger partial charge is 0.158 e. The van der Waals surface area contributed by atoms with Gasteiger partial charge in [-0.2, -0.15) is 0 Å². The van der Waals surface area contributed by atoms with Gasteiger partial charge in [-0.15, -0.1) is 0 Å². The summed E-state index contributed by atoms with van der Waals surface area (Å²) >= 11 is 0. The molecule has 0 fully saturated rings. The van der Waals surface area contributed by atoms with Crippen LogP contribution in [0.3, 0.4) is 0 Å². The third kappa shape index (κ3) is 5.34. The highest BCUT2D eigenvalue weighted by molar-refractivity contribution is 4.88. The van der Waals surface area contributed by atoms with Crippen LogP contribution >= 0.6 is 0 Å². The van der Waals surface area contributed by atoms with Gasteiger partial charge in [0.25, 0.3) is 0 Å². The van der Waals surface area contributed by atoms with Crippen LogP contribution in [0.15, 0.2) is 0 Å². The van der Waals surface area contributed by atoms with Crippen LogP contribution in [0.1, 0.15) is 40.0 Å². The Morgan fingerprint density at radius 1 is 1.24 bits per heavy atom. The van der Waals surface area contributed by atoms with Gasteiger partial charge in [0.2, 0.25) is 0 Å². The van der Waals surface area contributed by atoms with Gasteiger partial charge < -0.3 is 15.2 Å². The Morgan fingerprint density at radius 2 is 1.82 bits per heavy atom. The molecule has 0 spiro atoms. The summed E-state index contributed by atoms with van der Waals surface area (Å²) in [7, 11) is 3.35. The monoisotopic (exact) mass is 246 g/mol. The third-order valence-corrected chi connectivity index (χ3v) is 3.50. The fourth-order valence-electron chi connectivity index (χ4n) is 2.12. The van der Waals surface area contributed by atoms with E-state index in [2.05, 4.69) is 25.7 Å². The van der Waals surface area contributed by atoms with Gasteiger partial charge in [0.1, 0.15) is 0 Å². The molecule has 104 valence electrons. The summed E-state index contributed by atoms with van der Waals surface area (Å²) in [5.41, 5.74) is 5.91. The average molecular weight is 246 g/mol. The summed E-state index contributed by atoms with van der Waals surface area (Å²) in [6.07, 6.45) is 3.02. The van der Waals surface area contributed by atoms with Crippen molar-refractivity contribution in [2.24, 2.45) is 5.73 Å². The predicted molar refractivity (Wildman–Crippen MR) is 72.0 cm³/mol. The van der Waals surface area contributed by atoms with E-state index in [1.54, 1.807) is 14.2 Å². The predicted octanol–water partition coefficient (Wildman–Crippen LogP) is 1.83. The molecular weight excluding hydrogens is 216 g/mol. The Kier molecular flexibility index (Phi) is 8.78. The number of hydrogen-bond donors (Lipinski definition) is 1. The first kappa shape index (κ1) is 16.8. The third-order valence-electron chi connectivity index (χ3n) is 3.50. The lowest BCUT2D eigenvalue weighted by atomic mass is 9.94. The molecule has 0 saturated heterocycles. The van der Waals surface area contributed by atoms with Crippen LogP contribution in [-0.4, -0.2) is 50.6 Å². The molecule has 17 heavy (non-hydrogen) atoms. The maximum Gasteiger partial charge on any atom is 0.158 e. The molecule has 1 unspecified atom stereocenters. The van der Waals surface area contributed by atoms with Crippen molar-refractivity contribution in [3.8, 4) is 0 Å².